The number of ether oxygens (including phenoxy) is 7. The second-order valence-electron chi connectivity index (χ2n) is 18.3. The molecule has 0 radical (unpaired) electrons. The molecule has 356 valence electrons. The lowest BCUT2D eigenvalue weighted by Crippen LogP contribution is -2.82. The van der Waals surface area contributed by atoms with Gasteiger partial charge in [-0.05, 0) is 54.8 Å². The average Bonchev–Trinajstić information content (AvgIpc) is 3.29. The molecule has 3 aromatic rings. The number of hydrogen-bond donors (Lipinski definition) is 3. The van der Waals surface area contributed by atoms with Crippen molar-refractivity contribution < 1.29 is 76.9 Å². The van der Waals surface area contributed by atoms with Gasteiger partial charge in [-0.3, -0.25) is 19.2 Å². The highest BCUT2D eigenvalue weighted by Gasteiger charge is 2.78. The average molecular weight is 926 g/mol. The second-order valence-corrected chi connectivity index (χ2v) is 18.3. The van der Waals surface area contributed by atoms with Crippen molar-refractivity contribution in [1.29, 1.82) is 0 Å². The van der Waals surface area contributed by atoms with E-state index in [9.17, 15) is 39.0 Å². The van der Waals surface area contributed by atoms with Gasteiger partial charge in [-0.2, -0.15) is 0 Å². The van der Waals surface area contributed by atoms with Crippen molar-refractivity contribution >= 4 is 41.5 Å². The van der Waals surface area contributed by atoms with Crippen LogP contribution in [0, 0.1) is 16.7 Å². The molecule has 1 aliphatic heterocycles. The molecule has 3 aliphatic carbocycles. The van der Waals surface area contributed by atoms with Gasteiger partial charge in [0.25, 0.3) is 5.91 Å². The van der Waals surface area contributed by atoms with Crippen LogP contribution in [0.3, 0.4) is 0 Å². The Labute approximate surface area is 387 Å². The van der Waals surface area contributed by atoms with Crippen molar-refractivity contribution in [2.45, 2.75) is 108 Å². The smallest absolute Gasteiger partial charge is 0.350 e. The number of Topliss-reactive ketones (excluding diaryl/α,β-unsaturated/α-hetero) is 1. The standard InChI is InChI=1S/C50H55NO16/c1-27-33(64-46(59)40(65-36(55)25-61-7)38(30-17-11-8-12-18-30)51-44(57)31-19-13-9-14-20-31)24-50(60)43(66-45(58)32-21-15-10-16-22-32)41-48(6,34(54)23-35-49(41,26-62-35)67-29(3)53)42(56)39(63-28(2)52)37(27)47(50,4)5/h8-22,33-35,38-41,43,54,60H,23-26H2,1-7H3,(H,51,57)/t33-,34-,35+,38-,39+,40+,41-,43-,48+,49-,50+/m0/s1. The molecular weight excluding hydrogens is 871 g/mol. The van der Waals surface area contributed by atoms with E-state index >= 15 is 4.79 Å². The minimum Gasteiger partial charge on any atom is -0.455 e. The Morgan fingerprint density at radius 3 is 1.99 bits per heavy atom. The van der Waals surface area contributed by atoms with Crippen LogP contribution in [0.1, 0.15) is 86.7 Å². The summed E-state index contributed by atoms with van der Waals surface area (Å²) in [4.78, 5) is 98.3. The van der Waals surface area contributed by atoms with Crippen LogP contribution in [0.4, 0.5) is 0 Å². The van der Waals surface area contributed by atoms with E-state index in [1.54, 1.807) is 92.7 Å². The fourth-order valence-electron chi connectivity index (χ4n) is 10.6. The molecule has 2 bridgehead atoms. The van der Waals surface area contributed by atoms with Crippen LogP contribution in [0.2, 0.25) is 0 Å². The summed E-state index contributed by atoms with van der Waals surface area (Å²) in [5, 5.41) is 28.8. The van der Waals surface area contributed by atoms with E-state index in [-0.39, 0.29) is 35.3 Å². The van der Waals surface area contributed by atoms with Crippen LogP contribution >= 0.6 is 0 Å². The highest BCUT2D eigenvalue weighted by atomic mass is 16.6. The number of carbonyl (C=O) groups excluding carboxylic acids is 7. The molecule has 0 unspecified atom stereocenters. The van der Waals surface area contributed by atoms with Crippen LogP contribution in [0.5, 0.6) is 0 Å². The number of fused-ring (bicyclic) bond motifs is 5. The lowest BCUT2D eigenvalue weighted by atomic mass is 9.44. The van der Waals surface area contributed by atoms with Crippen molar-refractivity contribution in [3.05, 3.63) is 119 Å². The largest absolute Gasteiger partial charge is 0.455 e. The molecule has 1 heterocycles. The summed E-state index contributed by atoms with van der Waals surface area (Å²) in [6, 6.07) is 22.7. The van der Waals surface area contributed by atoms with Gasteiger partial charge in [0.05, 0.1) is 29.6 Å². The number of esters is 5. The Morgan fingerprint density at radius 2 is 1.43 bits per heavy atom. The maximum atomic E-state index is 15.6. The minimum atomic E-state index is -2.45. The molecule has 3 aromatic carbocycles. The van der Waals surface area contributed by atoms with Gasteiger partial charge >= 0.3 is 29.8 Å². The normalized spacial score (nSPS) is 30.3. The highest BCUT2D eigenvalue weighted by molar-refractivity contribution is 5.96. The predicted molar refractivity (Wildman–Crippen MR) is 233 cm³/mol. The summed E-state index contributed by atoms with van der Waals surface area (Å²) in [6.45, 7) is 7.28. The Hall–Kier alpha value is -6.27. The number of aliphatic hydroxyl groups is 2. The molecule has 0 spiro atoms. The van der Waals surface area contributed by atoms with Crippen molar-refractivity contribution in [3.63, 3.8) is 0 Å². The first-order valence-corrected chi connectivity index (χ1v) is 21.9. The third kappa shape index (κ3) is 8.65. The zero-order chi connectivity index (χ0) is 48.6. The molecule has 7 rings (SSSR count). The Balaban J connectivity index is 1.42. The zero-order valence-corrected chi connectivity index (χ0v) is 38.2. The van der Waals surface area contributed by atoms with Crippen molar-refractivity contribution in [3.8, 4) is 0 Å². The van der Waals surface area contributed by atoms with Gasteiger partial charge in [0.15, 0.2) is 17.5 Å². The van der Waals surface area contributed by atoms with Gasteiger partial charge in [0, 0.05) is 44.8 Å². The molecule has 3 fully saturated rings. The molecule has 17 heteroatoms. The number of benzene rings is 3. The van der Waals surface area contributed by atoms with Crippen LogP contribution in [-0.4, -0.2) is 120 Å². The van der Waals surface area contributed by atoms with Crippen LogP contribution in [0.15, 0.2) is 102 Å². The van der Waals surface area contributed by atoms with Crippen molar-refractivity contribution in [1.82, 2.24) is 5.32 Å². The Kier molecular flexibility index (Phi) is 13.6. The van der Waals surface area contributed by atoms with E-state index in [2.05, 4.69) is 5.32 Å². The topological polar surface area (TPSA) is 237 Å². The molecule has 2 saturated carbocycles. The van der Waals surface area contributed by atoms with E-state index in [1.807, 2.05) is 0 Å². The summed E-state index contributed by atoms with van der Waals surface area (Å²) in [5.41, 5.74) is -7.36. The minimum absolute atomic E-state index is 0.0367. The van der Waals surface area contributed by atoms with E-state index in [0.717, 1.165) is 13.8 Å². The molecule has 4 aliphatic rings. The molecule has 3 N–H and O–H groups in total. The van der Waals surface area contributed by atoms with Crippen LogP contribution in [-0.2, 0) is 57.1 Å². The number of hydrogen-bond acceptors (Lipinski definition) is 16. The molecule has 0 aromatic heterocycles. The fraction of sp³-hybridized carbons (Fsp3) is 0.460. The molecular formula is C50H55NO16. The SMILES string of the molecule is COCC(=O)O[C@@H](C(=O)O[C@H]1C[C@@]2(O)[C@@H](OC(=O)c3ccccc3)[C@@H]3[C@]4(OC(C)=O)CO[C@@H]4C[C@H](O)[C@@]3(C)C(=O)[C@H](OC(C)=O)C(=C1C)C2(C)C)[C@@H](NC(=O)c1ccccc1)c1ccccc1. The highest BCUT2D eigenvalue weighted by Crippen LogP contribution is 2.64. The summed E-state index contributed by atoms with van der Waals surface area (Å²) in [6.07, 6.45) is -10.7. The van der Waals surface area contributed by atoms with Gasteiger partial charge < -0.3 is 48.7 Å². The number of ketones is 1. The van der Waals surface area contributed by atoms with E-state index in [4.69, 9.17) is 33.2 Å². The molecule has 17 nitrogen and oxygen atoms in total. The number of carbonyl (C=O) groups is 7. The maximum absolute atomic E-state index is 15.6. The lowest BCUT2D eigenvalue weighted by Gasteiger charge is -2.67. The number of amides is 1. The summed E-state index contributed by atoms with van der Waals surface area (Å²) >= 11 is 0. The molecule has 1 saturated heterocycles. The van der Waals surface area contributed by atoms with Gasteiger partial charge in [0.2, 0.25) is 6.10 Å². The molecule has 11 atom stereocenters. The van der Waals surface area contributed by atoms with Crippen molar-refractivity contribution in [2.75, 3.05) is 20.3 Å². The third-order valence-corrected chi connectivity index (χ3v) is 14.0. The number of rotatable bonds is 13. The Morgan fingerprint density at radius 1 is 0.836 bits per heavy atom. The van der Waals surface area contributed by atoms with E-state index in [1.165, 1.54) is 33.1 Å². The second kappa shape index (κ2) is 18.8. The van der Waals surface area contributed by atoms with Gasteiger partial charge in [0.1, 0.15) is 36.6 Å². The molecule has 67 heavy (non-hydrogen) atoms. The van der Waals surface area contributed by atoms with Gasteiger partial charge in [-0.1, -0.05) is 80.6 Å². The summed E-state index contributed by atoms with van der Waals surface area (Å²) in [5.74, 6) is -8.00. The summed E-state index contributed by atoms with van der Waals surface area (Å²) in [7, 11) is 1.24. The summed E-state index contributed by atoms with van der Waals surface area (Å²) < 4.78 is 41.4. The van der Waals surface area contributed by atoms with E-state index in [0.29, 0.717) is 5.56 Å². The molecule has 1 amide bonds. The number of nitrogens with one attached hydrogen (secondary N) is 1. The third-order valence-electron chi connectivity index (χ3n) is 14.0. The first kappa shape index (κ1) is 48.7. The predicted octanol–water partition coefficient (Wildman–Crippen LogP) is 3.93. The lowest BCUT2D eigenvalue weighted by molar-refractivity contribution is -0.346. The van der Waals surface area contributed by atoms with Crippen LogP contribution in [0.25, 0.3) is 0 Å². The number of aliphatic hydroxyl groups excluding tert-OH is 1. The maximum Gasteiger partial charge on any atom is 0.350 e. The zero-order valence-electron chi connectivity index (χ0n) is 38.2. The first-order valence-electron chi connectivity index (χ1n) is 21.9. The number of methoxy groups -OCH3 is 1. The van der Waals surface area contributed by atoms with Gasteiger partial charge in [-0.15, -0.1) is 0 Å². The monoisotopic (exact) mass is 925 g/mol. The van der Waals surface area contributed by atoms with E-state index < -0.39 is 125 Å². The quantitative estimate of drug-likeness (QED) is 0.125. The first-order chi connectivity index (χ1) is 31.7. The fourth-order valence-corrected chi connectivity index (χ4v) is 10.6. The van der Waals surface area contributed by atoms with Crippen LogP contribution < -0.4 is 5.32 Å². The Bertz CT molecular complexity index is 2440. The van der Waals surface area contributed by atoms with Gasteiger partial charge in [-0.25, -0.2) is 14.4 Å². The van der Waals surface area contributed by atoms with Crippen molar-refractivity contribution in [2.24, 2.45) is 16.7 Å².